The fraction of sp³-hybridized carbons (Fsp3) is 0.200. The molecule has 0 amide bonds. The molecule has 0 aliphatic rings. The number of rotatable bonds is 8. The summed E-state index contributed by atoms with van der Waals surface area (Å²) in [4.78, 5) is 11.3. The summed E-state index contributed by atoms with van der Waals surface area (Å²) in [5.74, 6) is 0.885. The van der Waals surface area contributed by atoms with Crippen LogP contribution < -0.4 is 5.32 Å². The van der Waals surface area contributed by atoms with E-state index in [2.05, 4.69) is 61.7 Å². The van der Waals surface area contributed by atoms with Crippen LogP contribution in [0.3, 0.4) is 0 Å². The molecule has 0 saturated carbocycles. The normalized spacial score (nSPS) is 13.2. The topological polar surface area (TPSA) is 54.4 Å². The lowest BCUT2D eigenvalue weighted by atomic mass is 10.0. The number of aryl methyl sites for hydroxylation is 2. The van der Waals surface area contributed by atoms with E-state index in [1.54, 1.807) is 17.4 Å². The zero-order chi connectivity index (χ0) is 27.4. The number of nitrogens with zero attached hydrogens (tertiary/aromatic N) is 2. The molecule has 0 fully saturated rings. The minimum atomic E-state index is -0.921. The van der Waals surface area contributed by atoms with Crippen LogP contribution in [-0.4, -0.2) is 22.0 Å². The van der Waals surface area contributed by atoms with E-state index in [1.807, 2.05) is 78.1 Å². The van der Waals surface area contributed by atoms with Crippen LogP contribution in [0.25, 0.3) is 11.3 Å². The second kappa shape index (κ2) is 15.4. The number of thiazole rings is 1. The Kier molecular flexibility index (Phi) is 12.6. The van der Waals surface area contributed by atoms with Crippen molar-refractivity contribution in [3.05, 3.63) is 112 Å². The van der Waals surface area contributed by atoms with E-state index in [-0.39, 0.29) is 0 Å². The number of benzene rings is 2. The van der Waals surface area contributed by atoms with Crippen molar-refractivity contribution in [2.45, 2.75) is 39.5 Å². The predicted molar refractivity (Wildman–Crippen MR) is 169 cm³/mol. The Morgan fingerprint density at radius 1 is 1.05 bits per heavy atom. The summed E-state index contributed by atoms with van der Waals surface area (Å²) in [6, 6.07) is 16.1. The highest BCUT2D eigenvalue weighted by Crippen LogP contribution is 2.26. The molecule has 4 nitrogen and oxygen atoms in total. The summed E-state index contributed by atoms with van der Waals surface area (Å²) in [6.07, 6.45) is 9.93. The maximum absolute atomic E-state index is 10.8. The van der Waals surface area contributed by atoms with Crippen LogP contribution >= 0.6 is 19.8 Å². The van der Waals surface area contributed by atoms with Gasteiger partial charge in [-0.05, 0) is 71.9 Å². The van der Waals surface area contributed by atoms with Crippen molar-refractivity contribution in [1.29, 1.82) is 0 Å². The number of hydrogen-bond acceptors (Lipinski definition) is 5. The van der Waals surface area contributed by atoms with Crippen LogP contribution in [0.1, 0.15) is 47.3 Å². The number of allylic oxidation sites excluding steroid dienone is 6. The van der Waals surface area contributed by atoms with Gasteiger partial charge < -0.3 is 5.32 Å². The standard InChI is InChI=1S/C23H27N3S.C7H9OPS/c1-7-10-11-18(8-2)19-12-14-20(15-13-19)21(9-3)25-16(4)22-23(24-6)26-17(5)27-22;1-6-2-4-7(5-3-6)10(8)9/h7-15,24H,1H2,2-6H3;2-5H,9H2,1H3/b11-10-,18-8+,21-9-,25-16?;. The van der Waals surface area contributed by atoms with E-state index < -0.39 is 10.4 Å². The number of hydrogen-bond donors (Lipinski definition) is 1. The minimum Gasteiger partial charge on any atom is -0.372 e. The summed E-state index contributed by atoms with van der Waals surface area (Å²) in [5.41, 5.74) is 6.55. The van der Waals surface area contributed by atoms with Gasteiger partial charge in [0.05, 0.1) is 31.7 Å². The molecule has 2 unspecified atom stereocenters. The van der Waals surface area contributed by atoms with Crippen molar-refractivity contribution >= 4 is 53.0 Å². The minimum absolute atomic E-state index is 0.857. The Hall–Kier alpha value is -2.92. The summed E-state index contributed by atoms with van der Waals surface area (Å²) >= 11 is 1.66. The van der Waals surface area contributed by atoms with Crippen molar-refractivity contribution in [1.82, 2.24) is 4.98 Å². The highest BCUT2D eigenvalue weighted by molar-refractivity contribution is 8.33. The zero-order valence-electron chi connectivity index (χ0n) is 22.4. The van der Waals surface area contributed by atoms with Gasteiger partial charge in [-0.1, -0.05) is 78.9 Å². The van der Waals surface area contributed by atoms with Gasteiger partial charge in [0.15, 0.2) is 0 Å². The van der Waals surface area contributed by atoms with Gasteiger partial charge in [0.1, 0.15) is 5.82 Å². The number of nitrogens with one attached hydrogen (secondary N) is 1. The first kappa shape index (κ1) is 30.3. The van der Waals surface area contributed by atoms with E-state index >= 15 is 0 Å². The molecule has 1 aromatic heterocycles. The molecule has 3 aromatic rings. The maximum Gasteiger partial charge on any atom is 0.146 e. The van der Waals surface area contributed by atoms with Crippen LogP contribution in [0.5, 0.6) is 0 Å². The Balaban J connectivity index is 0.000000402. The lowest BCUT2D eigenvalue weighted by Crippen LogP contribution is -1.99. The SMILES string of the molecule is C=C/C=C\C(=C/C)c1ccc(/C(=C/C)N=C(C)c2sc(C)nc2NC)cc1.Cc1ccc(S(=O)P)cc1. The molecule has 0 bridgehead atoms. The molecule has 1 N–H and O–H groups in total. The maximum atomic E-state index is 10.8. The third kappa shape index (κ3) is 9.15. The molecule has 37 heavy (non-hydrogen) atoms. The van der Waals surface area contributed by atoms with Gasteiger partial charge in [-0.3, -0.25) is 9.20 Å². The van der Waals surface area contributed by atoms with Gasteiger partial charge in [0.2, 0.25) is 0 Å². The molecule has 0 radical (unpaired) electrons. The molecule has 194 valence electrons. The third-order valence-electron chi connectivity index (χ3n) is 5.35. The summed E-state index contributed by atoms with van der Waals surface area (Å²) in [7, 11) is 3.23. The first-order chi connectivity index (χ1) is 17.7. The van der Waals surface area contributed by atoms with Gasteiger partial charge in [0.25, 0.3) is 0 Å². The van der Waals surface area contributed by atoms with Crippen LogP contribution in [0.15, 0.2) is 95.4 Å². The summed E-state index contributed by atoms with van der Waals surface area (Å²) < 4.78 is 10.8. The average molecular weight is 550 g/mol. The molecule has 2 atom stereocenters. The smallest absolute Gasteiger partial charge is 0.146 e. The van der Waals surface area contributed by atoms with Gasteiger partial charge in [-0.25, -0.2) is 4.98 Å². The molecular formula is C30H36N3OPS2. The average Bonchev–Trinajstić information content (AvgIpc) is 3.29. The molecule has 0 aliphatic heterocycles. The van der Waals surface area contributed by atoms with E-state index in [1.165, 1.54) is 16.7 Å². The molecule has 0 aliphatic carbocycles. The number of anilines is 1. The third-order valence-corrected chi connectivity index (χ3v) is 7.98. The molecular weight excluding hydrogens is 513 g/mol. The molecule has 2 aromatic carbocycles. The quantitative estimate of drug-likeness (QED) is 0.174. The molecule has 3 rings (SSSR count). The van der Waals surface area contributed by atoms with Crippen molar-refractivity contribution in [3.8, 4) is 0 Å². The number of aliphatic imine (C=N–C) groups is 1. The largest absolute Gasteiger partial charge is 0.372 e. The van der Waals surface area contributed by atoms with Crippen LogP contribution in [0.2, 0.25) is 0 Å². The lowest BCUT2D eigenvalue weighted by molar-refractivity contribution is 0.691. The van der Waals surface area contributed by atoms with Crippen molar-refractivity contribution < 1.29 is 4.21 Å². The summed E-state index contributed by atoms with van der Waals surface area (Å²) in [5, 5.41) is 4.18. The molecule has 0 saturated heterocycles. The Bertz CT molecular complexity index is 1330. The van der Waals surface area contributed by atoms with E-state index in [9.17, 15) is 4.21 Å². The first-order valence-corrected chi connectivity index (χ1v) is 15.3. The highest BCUT2D eigenvalue weighted by atomic mass is 32.7. The van der Waals surface area contributed by atoms with Crippen LogP contribution in [0.4, 0.5) is 5.82 Å². The lowest BCUT2D eigenvalue weighted by Gasteiger charge is -2.07. The fourth-order valence-corrected chi connectivity index (χ4v) is 5.15. The summed E-state index contributed by atoms with van der Waals surface area (Å²) in [6.45, 7) is 13.8. The van der Waals surface area contributed by atoms with Crippen molar-refractivity contribution in [2.75, 3.05) is 12.4 Å². The van der Waals surface area contributed by atoms with Crippen molar-refractivity contribution in [2.24, 2.45) is 4.99 Å². The number of aromatic nitrogens is 1. The Morgan fingerprint density at radius 2 is 1.68 bits per heavy atom. The Morgan fingerprint density at radius 3 is 2.19 bits per heavy atom. The van der Waals surface area contributed by atoms with E-state index in [4.69, 9.17) is 4.99 Å². The monoisotopic (exact) mass is 549 g/mol. The van der Waals surface area contributed by atoms with Crippen molar-refractivity contribution in [3.63, 3.8) is 0 Å². The second-order valence-corrected chi connectivity index (χ2v) is 11.6. The Labute approximate surface area is 230 Å². The van der Waals surface area contributed by atoms with Gasteiger partial charge >= 0.3 is 0 Å². The first-order valence-electron chi connectivity index (χ1n) is 11.9. The van der Waals surface area contributed by atoms with Gasteiger partial charge in [-0.15, -0.1) is 11.3 Å². The van der Waals surface area contributed by atoms with E-state index in [0.29, 0.717) is 0 Å². The second-order valence-electron chi connectivity index (χ2n) is 8.06. The van der Waals surface area contributed by atoms with Gasteiger partial charge in [-0.2, -0.15) is 0 Å². The predicted octanol–water partition coefficient (Wildman–Crippen LogP) is 8.40. The van der Waals surface area contributed by atoms with Crippen LogP contribution in [-0.2, 0) is 10.4 Å². The fourth-order valence-electron chi connectivity index (χ4n) is 3.41. The highest BCUT2D eigenvalue weighted by Gasteiger charge is 2.11. The zero-order valence-corrected chi connectivity index (χ0v) is 25.2. The molecule has 0 spiro atoms. The van der Waals surface area contributed by atoms with Crippen LogP contribution in [0, 0.1) is 13.8 Å². The molecule has 7 heteroatoms. The van der Waals surface area contributed by atoms with E-state index in [0.717, 1.165) is 37.6 Å². The van der Waals surface area contributed by atoms with Gasteiger partial charge in [0, 0.05) is 11.9 Å². The molecule has 1 heterocycles.